The lowest BCUT2D eigenvalue weighted by molar-refractivity contribution is 0.583. The van der Waals surface area contributed by atoms with E-state index in [1.807, 2.05) is 6.92 Å². The summed E-state index contributed by atoms with van der Waals surface area (Å²) < 4.78 is 26.6. The van der Waals surface area contributed by atoms with Crippen molar-refractivity contribution in [3.8, 4) is 0 Å². The van der Waals surface area contributed by atoms with Gasteiger partial charge in [-0.3, -0.25) is 19.5 Å². The Balaban J connectivity index is 1.38. The van der Waals surface area contributed by atoms with Gasteiger partial charge in [-0.25, -0.2) is 9.51 Å². The van der Waals surface area contributed by atoms with Gasteiger partial charge in [0.25, 0.3) is 21.1 Å². The van der Waals surface area contributed by atoms with Crippen LogP contribution in [0.3, 0.4) is 0 Å². The van der Waals surface area contributed by atoms with Gasteiger partial charge < -0.3 is 4.98 Å². The molecule has 0 bridgehead atoms. The van der Waals surface area contributed by atoms with E-state index in [9.17, 15) is 22.8 Å². The highest BCUT2D eigenvalue weighted by molar-refractivity contribution is 7.89. The first kappa shape index (κ1) is 27.1. The molecule has 0 atom stereocenters. The Bertz CT molecular complexity index is 2110. The fourth-order valence-electron chi connectivity index (χ4n) is 4.81. The van der Waals surface area contributed by atoms with E-state index in [0.717, 1.165) is 10.2 Å². The van der Waals surface area contributed by atoms with Crippen molar-refractivity contribution in [3.05, 3.63) is 118 Å². The summed E-state index contributed by atoms with van der Waals surface area (Å²) in [6, 6.07) is 14.9. The van der Waals surface area contributed by atoms with E-state index < -0.39 is 26.6 Å². The maximum absolute atomic E-state index is 13.2. The van der Waals surface area contributed by atoms with Crippen molar-refractivity contribution in [3.63, 3.8) is 0 Å². The van der Waals surface area contributed by atoms with Gasteiger partial charge in [-0.05, 0) is 61.2 Å². The number of sulfonamides is 1. The summed E-state index contributed by atoms with van der Waals surface area (Å²) in [6.45, 7) is 5.37. The van der Waals surface area contributed by atoms with E-state index in [4.69, 9.17) is 11.6 Å². The van der Waals surface area contributed by atoms with Gasteiger partial charge in [-0.2, -0.15) is 13.5 Å². The average molecular weight is 578 g/mol. The molecule has 2 heterocycles. The molecule has 0 aliphatic heterocycles. The zero-order valence-corrected chi connectivity index (χ0v) is 23.3. The molecule has 0 unspecified atom stereocenters. The molecule has 0 aliphatic rings. The predicted molar refractivity (Wildman–Crippen MR) is 156 cm³/mol. The number of hydrogen-bond donors (Lipinski definition) is 3. The highest BCUT2D eigenvalue weighted by Crippen LogP contribution is 2.21. The molecule has 0 radical (unpaired) electrons. The number of rotatable bonds is 6. The molecule has 0 saturated heterocycles. The van der Waals surface area contributed by atoms with Gasteiger partial charge in [-0.1, -0.05) is 53.6 Å². The number of benzene rings is 3. The molecule has 0 spiro atoms. The molecular weight excluding hydrogens is 554 g/mol. The maximum atomic E-state index is 13.2. The average Bonchev–Trinajstić information content (AvgIpc) is 2.87. The number of H-pyrrole nitrogens is 2. The molecule has 5 aromatic rings. The highest BCUT2D eigenvalue weighted by Gasteiger charge is 2.19. The molecule has 40 heavy (non-hydrogen) atoms. The number of halogens is 1. The molecular formula is C28H24ClN5O5S. The molecule has 0 aliphatic carbocycles. The number of pyridine rings is 1. The number of fused-ring (bicyclic) bond motifs is 2. The number of aromatic nitrogens is 3. The van der Waals surface area contributed by atoms with Gasteiger partial charge in [0.15, 0.2) is 0 Å². The maximum Gasteiger partial charge on any atom is 0.287 e. The standard InChI is InChI=1S/C28H24ClN5O5S/c1-15-10-16(2)26(17(3)11-15)40(38,39)33-30-13-18-4-6-19(7-5-18)14-34-28(37)23-24(27(36)32-34)31-22-12-20(29)8-9-21(22)25(23)35/h4-13,33H,14H2,1-3H3,(H,31,35)(H,32,36)/b30-13-. The lowest BCUT2D eigenvalue weighted by Gasteiger charge is -2.11. The van der Waals surface area contributed by atoms with Crippen LogP contribution >= 0.6 is 11.6 Å². The predicted octanol–water partition coefficient (Wildman–Crippen LogP) is 3.47. The SMILES string of the molecule is Cc1cc(C)c(S(=O)(=O)N/N=C\c2ccc(Cn3[nH]c(=O)c4[nH]c5cc(Cl)ccc5c(=O)c4c3=O)cc2)c(C)c1. The number of nitrogens with one attached hydrogen (secondary N) is 3. The van der Waals surface area contributed by atoms with Crippen LogP contribution < -0.4 is 21.4 Å². The first-order valence-corrected chi connectivity index (χ1v) is 14.0. The van der Waals surface area contributed by atoms with Crippen molar-refractivity contribution >= 4 is 49.6 Å². The third kappa shape index (κ3) is 5.08. The summed E-state index contributed by atoms with van der Waals surface area (Å²) >= 11 is 6.00. The first-order chi connectivity index (χ1) is 18.9. The topological polar surface area (TPSA) is 146 Å². The Morgan fingerprint density at radius 1 is 0.975 bits per heavy atom. The number of aromatic amines is 2. The summed E-state index contributed by atoms with van der Waals surface area (Å²) in [6.07, 6.45) is 1.36. The Kier molecular flexibility index (Phi) is 6.94. The van der Waals surface area contributed by atoms with Gasteiger partial charge in [0.05, 0.1) is 23.2 Å². The zero-order chi connectivity index (χ0) is 28.8. The van der Waals surface area contributed by atoms with E-state index in [2.05, 4.69) is 20.0 Å². The Hall–Kier alpha value is -4.48. The van der Waals surface area contributed by atoms with Crippen molar-refractivity contribution < 1.29 is 8.42 Å². The molecule has 3 N–H and O–H groups in total. The Labute approximate surface area is 233 Å². The molecule has 204 valence electrons. The summed E-state index contributed by atoms with van der Waals surface area (Å²) in [7, 11) is -3.86. The number of hydrazone groups is 1. The van der Waals surface area contributed by atoms with Crippen LogP contribution in [-0.4, -0.2) is 29.4 Å². The minimum absolute atomic E-state index is 0.00185. The zero-order valence-electron chi connectivity index (χ0n) is 21.7. The highest BCUT2D eigenvalue weighted by atomic mass is 35.5. The fourth-order valence-corrected chi connectivity index (χ4v) is 6.23. The molecule has 0 saturated carbocycles. The Morgan fingerprint density at radius 3 is 2.33 bits per heavy atom. The van der Waals surface area contributed by atoms with Crippen LogP contribution in [0.15, 0.2) is 79.0 Å². The van der Waals surface area contributed by atoms with Crippen LogP contribution in [-0.2, 0) is 16.6 Å². The third-order valence-corrected chi connectivity index (χ3v) is 8.23. The molecule has 2 aromatic heterocycles. The lowest BCUT2D eigenvalue weighted by Crippen LogP contribution is -2.34. The van der Waals surface area contributed by atoms with Gasteiger partial charge in [-0.15, -0.1) is 0 Å². The smallest absolute Gasteiger partial charge is 0.287 e. The summed E-state index contributed by atoms with van der Waals surface area (Å²) in [5.74, 6) is 0. The summed E-state index contributed by atoms with van der Waals surface area (Å²) in [5, 5.41) is 6.80. The van der Waals surface area contributed by atoms with Crippen LogP contribution in [0, 0.1) is 20.8 Å². The minimum atomic E-state index is -3.86. The van der Waals surface area contributed by atoms with Gasteiger partial charge in [0.1, 0.15) is 10.9 Å². The van der Waals surface area contributed by atoms with E-state index in [-0.39, 0.29) is 27.7 Å². The van der Waals surface area contributed by atoms with Crippen molar-refractivity contribution in [1.82, 2.24) is 19.6 Å². The Morgan fingerprint density at radius 2 is 1.65 bits per heavy atom. The normalized spacial score (nSPS) is 12.0. The summed E-state index contributed by atoms with van der Waals surface area (Å²) in [4.78, 5) is 44.2. The second-order valence-corrected chi connectivity index (χ2v) is 11.6. The molecule has 3 aromatic carbocycles. The van der Waals surface area contributed by atoms with E-state index in [0.29, 0.717) is 32.8 Å². The van der Waals surface area contributed by atoms with Crippen molar-refractivity contribution in [2.75, 3.05) is 0 Å². The lowest BCUT2D eigenvalue weighted by atomic mass is 10.1. The van der Waals surface area contributed by atoms with Crippen LogP contribution in [0.1, 0.15) is 27.8 Å². The third-order valence-electron chi connectivity index (χ3n) is 6.47. The van der Waals surface area contributed by atoms with Crippen molar-refractivity contribution in [2.45, 2.75) is 32.2 Å². The van der Waals surface area contributed by atoms with Crippen LogP contribution in [0.4, 0.5) is 0 Å². The number of nitrogens with zero attached hydrogens (tertiary/aromatic N) is 2. The monoisotopic (exact) mass is 577 g/mol. The van der Waals surface area contributed by atoms with E-state index in [1.165, 1.54) is 24.4 Å². The van der Waals surface area contributed by atoms with Crippen molar-refractivity contribution in [1.29, 1.82) is 0 Å². The quantitative estimate of drug-likeness (QED) is 0.161. The first-order valence-electron chi connectivity index (χ1n) is 12.1. The molecule has 0 amide bonds. The second kappa shape index (κ2) is 10.2. The van der Waals surface area contributed by atoms with Gasteiger partial charge in [0.2, 0.25) is 5.43 Å². The van der Waals surface area contributed by atoms with E-state index in [1.54, 1.807) is 50.2 Å². The van der Waals surface area contributed by atoms with Crippen molar-refractivity contribution in [2.24, 2.45) is 5.10 Å². The van der Waals surface area contributed by atoms with Gasteiger partial charge >= 0.3 is 0 Å². The van der Waals surface area contributed by atoms with Crippen LogP contribution in [0.5, 0.6) is 0 Å². The second-order valence-electron chi connectivity index (χ2n) is 9.55. The molecule has 5 rings (SSSR count). The van der Waals surface area contributed by atoms with Gasteiger partial charge in [0, 0.05) is 10.4 Å². The minimum Gasteiger partial charge on any atom is -0.350 e. The molecule has 0 fully saturated rings. The number of hydrogen-bond acceptors (Lipinski definition) is 6. The molecule has 10 nitrogen and oxygen atoms in total. The van der Waals surface area contributed by atoms with Crippen LogP contribution in [0.2, 0.25) is 5.02 Å². The van der Waals surface area contributed by atoms with Crippen LogP contribution in [0.25, 0.3) is 21.8 Å². The van der Waals surface area contributed by atoms with E-state index >= 15 is 0 Å². The fraction of sp³-hybridized carbons (Fsp3) is 0.143. The molecule has 12 heteroatoms. The largest absolute Gasteiger partial charge is 0.350 e. The summed E-state index contributed by atoms with van der Waals surface area (Å²) in [5.41, 5.74) is 1.90. The number of aryl methyl sites for hydroxylation is 3.